The average molecular weight is 268 g/mol. The van der Waals surface area contributed by atoms with Crippen LogP contribution in [0.4, 0.5) is 0 Å². The topological polar surface area (TPSA) is 32.7 Å². The molecule has 1 fully saturated rings. The van der Waals surface area contributed by atoms with Gasteiger partial charge in [0, 0.05) is 44.9 Å². The second kappa shape index (κ2) is 13.5. The summed E-state index contributed by atoms with van der Waals surface area (Å²) < 4.78 is 5.63. The van der Waals surface area contributed by atoms with Crippen molar-refractivity contribution in [3.05, 3.63) is 0 Å². The molecule has 1 aliphatic heterocycles. The van der Waals surface area contributed by atoms with Crippen molar-refractivity contribution in [2.45, 2.75) is 46.1 Å². The van der Waals surface area contributed by atoms with Gasteiger partial charge in [-0.15, -0.1) is 0 Å². The molecular formula is C12H27NO2V. The van der Waals surface area contributed by atoms with Gasteiger partial charge in [0.05, 0.1) is 6.10 Å². The first-order chi connectivity index (χ1) is 7.36. The molecule has 16 heavy (non-hydrogen) atoms. The molecule has 1 N–H and O–H groups in total. The van der Waals surface area contributed by atoms with Gasteiger partial charge in [0.25, 0.3) is 0 Å². The minimum atomic E-state index is 0. The third-order valence-electron chi connectivity index (χ3n) is 2.64. The van der Waals surface area contributed by atoms with Crippen molar-refractivity contribution in [3.8, 4) is 0 Å². The first-order valence-corrected chi connectivity index (χ1v) is 6.31. The molecule has 1 rings (SSSR count). The second-order valence-corrected chi connectivity index (χ2v) is 3.58. The monoisotopic (exact) mass is 268 g/mol. The van der Waals surface area contributed by atoms with Gasteiger partial charge in [0.2, 0.25) is 0 Å². The molecule has 1 saturated heterocycles. The van der Waals surface area contributed by atoms with E-state index in [2.05, 4.69) is 11.8 Å². The maximum atomic E-state index is 8.59. The summed E-state index contributed by atoms with van der Waals surface area (Å²) in [6, 6.07) is 0. The van der Waals surface area contributed by atoms with Crippen LogP contribution in [0.25, 0.3) is 0 Å². The molecule has 0 bridgehead atoms. The van der Waals surface area contributed by atoms with Gasteiger partial charge in [-0.05, 0) is 25.8 Å². The number of piperidine rings is 1. The van der Waals surface area contributed by atoms with Gasteiger partial charge in [-0.2, -0.15) is 0 Å². The Morgan fingerprint density at radius 2 is 1.81 bits per heavy atom. The minimum absolute atomic E-state index is 0. The Morgan fingerprint density at radius 3 is 2.25 bits per heavy atom. The first-order valence-electron chi connectivity index (χ1n) is 6.31. The number of nitrogens with zero attached hydrogens (tertiary/aromatic N) is 1. The molecule has 0 aromatic carbocycles. The molecule has 0 saturated carbocycles. The maximum absolute atomic E-state index is 8.59. The zero-order valence-corrected chi connectivity index (χ0v) is 12.4. The van der Waals surface area contributed by atoms with Crippen LogP contribution in [0.15, 0.2) is 0 Å². The molecule has 3 nitrogen and oxygen atoms in total. The molecule has 97 valence electrons. The Kier molecular flexibility index (Phi) is 15.9. The third-order valence-corrected chi connectivity index (χ3v) is 2.64. The summed E-state index contributed by atoms with van der Waals surface area (Å²) >= 11 is 0. The van der Waals surface area contributed by atoms with Crippen LogP contribution in [0.3, 0.4) is 0 Å². The molecule has 1 radical (unpaired) electrons. The first kappa shape index (κ1) is 18.8. The fourth-order valence-electron chi connectivity index (χ4n) is 1.71. The number of hydrogen-bond donors (Lipinski definition) is 1. The van der Waals surface area contributed by atoms with Crippen molar-refractivity contribution >= 4 is 0 Å². The summed E-state index contributed by atoms with van der Waals surface area (Å²) in [6.07, 6.45) is 3.52. The fourth-order valence-corrected chi connectivity index (χ4v) is 1.71. The van der Waals surface area contributed by atoms with Crippen molar-refractivity contribution < 1.29 is 28.4 Å². The van der Waals surface area contributed by atoms with E-state index in [1.807, 2.05) is 13.8 Å². The molecule has 0 unspecified atom stereocenters. The van der Waals surface area contributed by atoms with Crippen molar-refractivity contribution in [1.82, 2.24) is 4.90 Å². The summed E-state index contributed by atoms with van der Waals surface area (Å²) in [6.45, 7) is 10.7. The van der Waals surface area contributed by atoms with Crippen LogP contribution >= 0.6 is 0 Å². The Balaban J connectivity index is 0. The van der Waals surface area contributed by atoms with Crippen molar-refractivity contribution in [2.24, 2.45) is 0 Å². The molecule has 0 aromatic heterocycles. The Labute approximate surface area is 112 Å². The van der Waals surface area contributed by atoms with Crippen LogP contribution in [0, 0.1) is 0 Å². The van der Waals surface area contributed by atoms with E-state index in [0.29, 0.717) is 12.7 Å². The number of likely N-dealkylation sites (tertiary alicyclic amines) is 1. The number of hydrogen-bond acceptors (Lipinski definition) is 3. The summed E-state index contributed by atoms with van der Waals surface area (Å²) in [5.74, 6) is 0. The van der Waals surface area contributed by atoms with Gasteiger partial charge in [0.1, 0.15) is 0 Å². The smallest absolute Gasteiger partial charge is 0.0599 e. The summed E-state index contributed by atoms with van der Waals surface area (Å²) in [7, 11) is 0. The summed E-state index contributed by atoms with van der Waals surface area (Å²) in [4.78, 5) is 2.45. The van der Waals surface area contributed by atoms with Crippen LogP contribution < -0.4 is 0 Å². The van der Waals surface area contributed by atoms with Crippen LogP contribution in [-0.4, -0.2) is 49.0 Å². The predicted octanol–water partition coefficient (Wildman–Crippen LogP) is 1.89. The minimum Gasteiger partial charge on any atom is -0.396 e. The number of aliphatic hydroxyl groups is 1. The zero-order chi connectivity index (χ0) is 11.5. The molecule has 0 aromatic rings. The summed E-state index contributed by atoms with van der Waals surface area (Å²) in [5.41, 5.74) is 0. The van der Waals surface area contributed by atoms with Gasteiger partial charge in [-0.3, -0.25) is 0 Å². The maximum Gasteiger partial charge on any atom is 0.0599 e. The van der Waals surface area contributed by atoms with E-state index in [4.69, 9.17) is 9.84 Å². The standard InChI is InChI=1S/C10H21NO2.C2H6.V/c1-2-11-6-4-10(5-7-11)13-9-3-8-12;1-2;/h10,12H,2-9H2,1H3;1-2H3;. The van der Waals surface area contributed by atoms with E-state index in [0.717, 1.165) is 25.8 Å². The zero-order valence-electron chi connectivity index (χ0n) is 11.0. The van der Waals surface area contributed by atoms with Gasteiger partial charge >= 0.3 is 0 Å². The molecular weight excluding hydrogens is 241 g/mol. The van der Waals surface area contributed by atoms with Crippen LogP contribution in [0.5, 0.6) is 0 Å². The Hall–Kier alpha value is 0.464. The molecule has 1 aliphatic rings. The quantitative estimate of drug-likeness (QED) is 0.773. The molecule has 0 atom stereocenters. The van der Waals surface area contributed by atoms with Gasteiger partial charge in [0.15, 0.2) is 0 Å². The Bertz CT molecular complexity index is 125. The van der Waals surface area contributed by atoms with Crippen LogP contribution in [0.2, 0.25) is 0 Å². The normalized spacial score (nSPS) is 17.2. The number of ether oxygens (including phenoxy) is 1. The predicted molar refractivity (Wildman–Crippen MR) is 64.1 cm³/mol. The van der Waals surface area contributed by atoms with E-state index in [9.17, 15) is 0 Å². The van der Waals surface area contributed by atoms with Crippen LogP contribution in [0.1, 0.15) is 40.0 Å². The average Bonchev–Trinajstić information content (AvgIpc) is 2.33. The van der Waals surface area contributed by atoms with Crippen molar-refractivity contribution in [3.63, 3.8) is 0 Å². The van der Waals surface area contributed by atoms with E-state index in [1.54, 1.807) is 0 Å². The fraction of sp³-hybridized carbons (Fsp3) is 1.00. The molecule has 0 amide bonds. The molecule has 1 heterocycles. The van der Waals surface area contributed by atoms with E-state index < -0.39 is 0 Å². The third kappa shape index (κ3) is 8.60. The number of rotatable bonds is 5. The second-order valence-electron chi connectivity index (χ2n) is 3.58. The molecule has 0 aliphatic carbocycles. The van der Waals surface area contributed by atoms with Gasteiger partial charge in [-0.1, -0.05) is 20.8 Å². The Morgan fingerprint density at radius 1 is 1.25 bits per heavy atom. The van der Waals surface area contributed by atoms with Gasteiger partial charge in [-0.25, -0.2) is 0 Å². The van der Waals surface area contributed by atoms with Crippen molar-refractivity contribution in [1.29, 1.82) is 0 Å². The molecule has 4 heteroatoms. The van der Waals surface area contributed by atoms with E-state index in [1.165, 1.54) is 13.1 Å². The van der Waals surface area contributed by atoms with Crippen molar-refractivity contribution in [2.75, 3.05) is 32.8 Å². The van der Waals surface area contributed by atoms with Crippen LogP contribution in [-0.2, 0) is 23.3 Å². The van der Waals surface area contributed by atoms with E-state index >= 15 is 0 Å². The van der Waals surface area contributed by atoms with E-state index in [-0.39, 0.29) is 25.2 Å². The SMILES string of the molecule is CC.CCN1CCC(OCCCO)CC1.[V]. The number of aliphatic hydroxyl groups excluding tert-OH is 1. The molecule has 0 spiro atoms. The largest absolute Gasteiger partial charge is 0.396 e. The van der Waals surface area contributed by atoms with Gasteiger partial charge < -0.3 is 14.7 Å². The summed E-state index contributed by atoms with van der Waals surface area (Å²) in [5, 5.41) is 8.59.